The number of carbonyl (C=O) groups is 1. The van der Waals surface area contributed by atoms with Gasteiger partial charge in [0.1, 0.15) is 11.4 Å². The molecule has 1 aliphatic carbocycles. The number of halogens is 1. The van der Waals surface area contributed by atoms with Crippen LogP contribution in [0.25, 0.3) is 0 Å². The van der Waals surface area contributed by atoms with Gasteiger partial charge in [0.25, 0.3) is 0 Å². The molecule has 0 fully saturated rings. The van der Waals surface area contributed by atoms with Crippen molar-refractivity contribution < 1.29 is 9.90 Å². The maximum Gasteiger partial charge on any atom is 0.337 e. The molecule has 0 aliphatic heterocycles. The quantitative estimate of drug-likeness (QED) is 0.870. The maximum absolute atomic E-state index is 11.1. The minimum Gasteiger partial charge on any atom is -0.478 e. The normalized spacial score (nSPS) is 13.8. The molecule has 0 unspecified atom stereocenters. The van der Waals surface area contributed by atoms with Crippen LogP contribution in [0.4, 0.5) is 0 Å². The third kappa shape index (κ3) is 3.04. The largest absolute Gasteiger partial charge is 0.478 e. The van der Waals surface area contributed by atoms with Crippen molar-refractivity contribution in [2.45, 2.75) is 35.6 Å². The lowest BCUT2D eigenvalue weighted by Gasteiger charge is -2.16. The van der Waals surface area contributed by atoms with Crippen molar-refractivity contribution in [3.63, 3.8) is 0 Å². The van der Waals surface area contributed by atoms with Crippen molar-refractivity contribution in [3.8, 4) is 0 Å². The highest BCUT2D eigenvalue weighted by Crippen LogP contribution is 2.34. The Hall–Kier alpha value is -1.59. The van der Waals surface area contributed by atoms with E-state index in [0.29, 0.717) is 0 Å². The van der Waals surface area contributed by atoms with E-state index in [1.165, 1.54) is 17.3 Å². The zero-order valence-corrected chi connectivity index (χ0v) is 12.7. The van der Waals surface area contributed by atoms with Gasteiger partial charge in [-0.3, -0.25) is 0 Å². The Morgan fingerprint density at radius 3 is 2.86 bits per heavy atom. The Morgan fingerprint density at radius 2 is 2.05 bits per heavy atom. The number of rotatable bonds is 3. The first kappa shape index (κ1) is 14.4. The molecule has 0 bridgehead atoms. The number of carboxylic acids is 1. The molecule has 4 nitrogen and oxygen atoms in total. The number of benzene rings is 1. The average molecular weight is 321 g/mol. The molecule has 1 heterocycles. The van der Waals surface area contributed by atoms with Crippen LogP contribution in [0.3, 0.4) is 0 Å². The molecule has 0 saturated heterocycles. The molecule has 1 aromatic heterocycles. The number of aromatic nitrogens is 2. The van der Waals surface area contributed by atoms with Gasteiger partial charge in [0.2, 0.25) is 0 Å². The van der Waals surface area contributed by atoms with Gasteiger partial charge in [-0.15, -0.1) is 0 Å². The van der Waals surface area contributed by atoms with E-state index < -0.39 is 5.97 Å². The van der Waals surface area contributed by atoms with Crippen LogP contribution in [-0.2, 0) is 12.8 Å². The van der Waals surface area contributed by atoms with Crippen molar-refractivity contribution in [2.75, 3.05) is 0 Å². The summed E-state index contributed by atoms with van der Waals surface area (Å²) in [4.78, 5) is 20.7. The van der Waals surface area contributed by atoms with E-state index in [1.807, 2.05) is 6.07 Å². The fourth-order valence-corrected chi connectivity index (χ4v) is 3.60. The third-order valence-corrected chi connectivity index (χ3v) is 4.83. The number of hydrogen-bond donors (Lipinski definition) is 1. The van der Waals surface area contributed by atoms with Gasteiger partial charge in [0.15, 0.2) is 0 Å². The first-order valence-electron chi connectivity index (χ1n) is 6.68. The summed E-state index contributed by atoms with van der Waals surface area (Å²) < 4.78 is 0. The van der Waals surface area contributed by atoms with Gasteiger partial charge < -0.3 is 5.11 Å². The summed E-state index contributed by atoms with van der Waals surface area (Å²) in [5.41, 5.74) is 2.43. The number of aromatic carboxylic acids is 1. The smallest absolute Gasteiger partial charge is 0.337 e. The van der Waals surface area contributed by atoms with Crippen LogP contribution in [0.2, 0.25) is 5.02 Å². The lowest BCUT2D eigenvalue weighted by Crippen LogP contribution is -2.07. The second-order valence-electron chi connectivity index (χ2n) is 4.86. The second kappa shape index (κ2) is 6.03. The topological polar surface area (TPSA) is 63.1 Å². The molecule has 3 rings (SSSR count). The molecular formula is C15H13ClN2O2S. The number of carboxylic acid groups (broad SMARTS) is 1. The zero-order valence-electron chi connectivity index (χ0n) is 11.2. The van der Waals surface area contributed by atoms with Crippen LogP contribution in [0.15, 0.2) is 34.4 Å². The van der Waals surface area contributed by atoms with Gasteiger partial charge in [-0.2, -0.15) is 0 Å². The molecule has 0 saturated carbocycles. The summed E-state index contributed by atoms with van der Waals surface area (Å²) in [7, 11) is 0. The fraction of sp³-hybridized carbons (Fsp3) is 0.267. The molecule has 1 aliphatic rings. The standard InChI is InChI=1S/C15H13ClN2O2S/c16-12-6-5-9(7-11(12)15(19)20)21-14-10-3-1-2-4-13(10)17-8-18-14/h5-8H,1-4H2,(H,19,20). The SMILES string of the molecule is O=C(O)c1cc(Sc2ncnc3c2CCCC3)ccc1Cl. The molecular weight excluding hydrogens is 308 g/mol. The van der Waals surface area contributed by atoms with Crippen LogP contribution >= 0.6 is 23.4 Å². The predicted molar refractivity (Wildman–Crippen MR) is 81.2 cm³/mol. The number of aryl methyl sites for hydroxylation is 1. The molecule has 0 atom stereocenters. The number of fused-ring (bicyclic) bond motifs is 1. The van der Waals surface area contributed by atoms with E-state index in [1.54, 1.807) is 18.5 Å². The maximum atomic E-state index is 11.1. The summed E-state index contributed by atoms with van der Waals surface area (Å²) >= 11 is 7.36. The Bertz CT molecular complexity index is 706. The van der Waals surface area contributed by atoms with Crippen molar-refractivity contribution in [2.24, 2.45) is 0 Å². The molecule has 21 heavy (non-hydrogen) atoms. The van der Waals surface area contributed by atoms with Crippen molar-refractivity contribution >= 4 is 29.3 Å². The van der Waals surface area contributed by atoms with Crippen LogP contribution in [-0.4, -0.2) is 21.0 Å². The molecule has 108 valence electrons. The summed E-state index contributed by atoms with van der Waals surface area (Å²) in [6.07, 6.45) is 5.87. The van der Waals surface area contributed by atoms with Crippen molar-refractivity contribution in [1.29, 1.82) is 0 Å². The molecule has 0 spiro atoms. The summed E-state index contributed by atoms with van der Waals surface area (Å²) in [6, 6.07) is 5.02. The van der Waals surface area contributed by atoms with Gasteiger partial charge >= 0.3 is 5.97 Å². The van der Waals surface area contributed by atoms with Gasteiger partial charge in [-0.1, -0.05) is 23.4 Å². The predicted octanol–water partition coefficient (Wildman–Crippen LogP) is 3.86. The van der Waals surface area contributed by atoms with Gasteiger partial charge in [0.05, 0.1) is 10.6 Å². The molecule has 0 amide bonds. The van der Waals surface area contributed by atoms with E-state index in [9.17, 15) is 4.79 Å². The van der Waals surface area contributed by atoms with Crippen molar-refractivity contribution in [3.05, 3.63) is 46.4 Å². The van der Waals surface area contributed by atoms with E-state index in [0.717, 1.165) is 41.3 Å². The molecule has 1 aromatic carbocycles. The van der Waals surface area contributed by atoms with Crippen LogP contribution < -0.4 is 0 Å². The van der Waals surface area contributed by atoms with Crippen LogP contribution in [0.1, 0.15) is 34.5 Å². The molecule has 2 aromatic rings. The zero-order chi connectivity index (χ0) is 14.8. The van der Waals surface area contributed by atoms with Gasteiger partial charge in [-0.25, -0.2) is 14.8 Å². The van der Waals surface area contributed by atoms with E-state index >= 15 is 0 Å². The molecule has 1 N–H and O–H groups in total. The second-order valence-corrected chi connectivity index (χ2v) is 6.33. The minimum absolute atomic E-state index is 0.115. The van der Waals surface area contributed by atoms with E-state index in [2.05, 4.69) is 9.97 Å². The monoisotopic (exact) mass is 320 g/mol. The number of nitrogens with zero attached hydrogens (tertiary/aromatic N) is 2. The highest BCUT2D eigenvalue weighted by Gasteiger charge is 2.17. The molecule has 0 radical (unpaired) electrons. The van der Waals surface area contributed by atoms with Crippen molar-refractivity contribution in [1.82, 2.24) is 9.97 Å². The Kier molecular flexibility index (Phi) is 4.12. The van der Waals surface area contributed by atoms with Crippen LogP contribution in [0, 0.1) is 0 Å². The third-order valence-electron chi connectivity index (χ3n) is 3.47. The summed E-state index contributed by atoms with van der Waals surface area (Å²) in [5, 5.41) is 10.3. The Balaban J connectivity index is 1.94. The highest BCUT2D eigenvalue weighted by molar-refractivity contribution is 7.99. The first-order chi connectivity index (χ1) is 10.1. The summed E-state index contributed by atoms with van der Waals surface area (Å²) in [5.74, 6) is -1.02. The average Bonchev–Trinajstić information content (AvgIpc) is 2.49. The van der Waals surface area contributed by atoms with Gasteiger partial charge in [-0.05, 0) is 43.9 Å². The first-order valence-corrected chi connectivity index (χ1v) is 7.88. The number of hydrogen-bond acceptors (Lipinski definition) is 4. The fourth-order valence-electron chi connectivity index (χ4n) is 2.42. The Labute approximate surface area is 131 Å². The van der Waals surface area contributed by atoms with Gasteiger partial charge in [0, 0.05) is 16.2 Å². The van der Waals surface area contributed by atoms with E-state index in [4.69, 9.17) is 16.7 Å². The minimum atomic E-state index is -1.02. The lowest BCUT2D eigenvalue weighted by atomic mass is 9.98. The van der Waals surface area contributed by atoms with E-state index in [-0.39, 0.29) is 10.6 Å². The lowest BCUT2D eigenvalue weighted by molar-refractivity contribution is 0.0697. The van der Waals surface area contributed by atoms with Crippen LogP contribution in [0.5, 0.6) is 0 Å². The highest BCUT2D eigenvalue weighted by atomic mass is 35.5. The summed E-state index contributed by atoms with van der Waals surface area (Å²) in [6.45, 7) is 0. The Morgan fingerprint density at radius 1 is 1.24 bits per heavy atom. The molecule has 6 heteroatoms.